The van der Waals surface area contributed by atoms with Crippen LogP contribution in [0.3, 0.4) is 0 Å². The molecule has 0 radical (unpaired) electrons. The molecule has 1 aromatic heterocycles. The zero-order valence-corrected chi connectivity index (χ0v) is 21.6. The van der Waals surface area contributed by atoms with Crippen molar-refractivity contribution >= 4 is 11.0 Å². The Kier molecular flexibility index (Phi) is 8.47. The first-order chi connectivity index (χ1) is 19.6. The van der Waals surface area contributed by atoms with Gasteiger partial charge in [0.05, 0.1) is 20.3 Å². The Morgan fingerprint density at radius 1 is 0.878 bits per heavy atom. The van der Waals surface area contributed by atoms with E-state index < -0.39 is 67.3 Å². The van der Waals surface area contributed by atoms with Crippen LogP contribution in [0.15, 0.2) is 51.7 Å². The van der Waals surface area contributed by atoms with Gasteiger partial charge < -0.3 is 63.8 Å². The molecule has 7 N–H and O–H groups in total. The number of methoxy groups -OCH3 is 1. The molecule has 2 saturated heterocycles. The highest BCUT2D eigenvalue weighted by Crippen LogP contribution is 2.34. The van der Waals surface area contributed by atoms with Crippen LogP contribution >= 0.6 is 0 Å². The number of aromatic hydroxyl groups is 1. The average molecular weight is 579 g/mol. The maximum Gasteiger partial charge on any atom is 0.229 e. The van der Waals surface area contributed by atoms with Gasteiger partial charge in [0.2, 0.25) is 6.29 Å². The van der Waals surface area contributed by atoms with Crippen molar-refractivity contribution in [1.82, 2.24) is 0 Å². The van der Waals surface area contributed by atoms with Gasteiger partial charge in [-0.25, -0.2) is 0 Å². The van der Waals surface area contributed by atoms with Gasteiger partial charge in [0, 0.05) is 23.8 Å². The SMILES string of the molecule is COc1cc(O[C@H]2O[C@@H](CO[C@H]3OC[C@H](O)[C@@H](O)[C@@H]3O)[C@H](O)[C@@H](O)[C@@H]2O)c2c(=O)cc(-c3ccc(O)cc3)oc2c1. The van der Waals surface area contributed by atoms with Crippen LogP contribution in [0.5, 0.6) is 17.2 Å². The van der Waals surface area contributed by atoms with Crippen molar-refractivity contribution in [2.75, 3.05) is 20.3 Å². The molecule has 2 aliphatic rings. The molecule has 0 unspecified atom stereocenters. The van der Waals surface area contributed by atoms with E-state index in [0.717, 1.165) is 0 Å². The van der Waals surface area contributed by atoms with Gasteiger partial charge >= 0.3 is 0 Å². The van der Waals surface area contributed by atoms with Gasteiger partial charge in [-0.3, -0.25) is 4.79 Å². The van der Waals surface area contributed by atoms with Gasteiger partial charge in [-0.15, -0.1) is 0 Å². The number of ether oxygens (including phenoxy) is 5. The summed E-state index contributed by atoms with van der Waals surface area (Å²) < 4.78 is 33.3. The van der Waals surface area contributed by atoms with Crippen LogP contribution in [-0.2, 0) is 14.2 Å². The Labute approximate surface area is 232 Å². The van der Waals surface area contributed by atoms with Crippen LogP contribution in [-0.4, -0.2) is 111 Å². The summed E-state index contributed by atoms with van der Waals surface area (Å²) in [4.78, 5) is 13.2. The van der Waals surface area contributed by atoms with Crippen LogP contribution in [0.2, 0.25) is 0 Å². The molecule has 0 spiro atoms. The summed E-state index contributed by atoms with van der Waals surface area (Å²) in [7, 11) is 1.38. The van der Waals surface area contributed by atoms with Crippen LogP contribution < -0.4 is 14.9 Å². The molecular weight excluding hydrogens is 548 g/mol. The molecule has 3 aromatic rings. The minimum absolute atomic E-state index is 0.0242. The van der Waals surface area contributed by atoms with Crippen molar-refractivity contribution in [3.8, 4) is 28.6 Å². The zero-order chi connectivity index (χ0) is 29.4. The molecule has 9 atom stereocenters. The molecule has 41 heavy (non-hydrogen) atoms. The normalized spacial score (nSPS) is 32.1. The standard InChI is InChI=1S/C27H30O14/c1-36-13-6-17-20(14(29)8-16(39-17)11-2-4-12(28)5-3-11)18(7-13)40-27-25(35)23(33)22(32)19(41-27)10-38-26-24(34)21(31)15(30)9-37-26/h2-8,15,19,21-28,30-35H,9-10H2,1H3/t15-,19-,21+,22-,23+,24-,25-,26+,27-/m0/s1. The lowest BCUT2D eigenvalue weighted by atomic mass is 9.99. The van der Waals surface area contributed by atoms with E-state index in [9.17, 15) is 40.5 Å². The third-order valence-electron chi connectivity index (χ3n) is 6.95. The van der Waals surface area contributed by atoms with E-state index in [2.05, 4.69) is 0 Å². The Bertz CT molecular complexity index is 1410. The Balaban J connectivity index is 1.40. The van der Waals surface area contributed by atoms with Gasteiger partial charge in [-0.05, 0) is 24.3 Å². The van der Waals surface area contributed by atoms with E-state index in [4.69, 9.17) is 28.1 Å². The van der Waals surface area contributed by atoms with Crippen LogP contribution in [0.4, 0.5) is 0 Å². The van der Waals surface area contributed by atoms with Crippen molar-refractivity contribution in [2.24, 2.45) is 0 Å². The first kappa shape index (κ1) is 29.2. The second-order valence-electron chi connectivity index (χ2n) is 9.74. The first-order valence-electron chi connectivity index (χ1n) is 12.7. The van der Waals surface area contributed by atoms with Crippen molar-refractivity contribution in [1.29, 1.82) is 0 Å². The molecule has 0 saturated carbocycles. The van der Waals surface area contributed by atoms with E-state index in [0.29, 0.717) is 5.56 Å². The number of benzene rings is 2. The monoisotopic (exact) mass is 578 g/mol. The largest absolute Gasteiger partial charge is 0.508 e. The van der Waals surface area contributed by atoms with Gasteiger partial charge in [0.1, 0.15) is 76.7 Å². The van der Waals surface area contributed by atoms with Crippen molar-refractivity contribution in [3.63, 3.8) is 0 Å². The van der Waals surface area contributed by atoms with Crippen LogP contribution in [0, 0.1) is 0 Å². The summed E-state index contributed by atoms with van der Waals surface area (Å²) in [5, 5.41) is 70.6. The van der Waals surface area contributed by atoms with Crippen molar-refractivity contribution in [3.05, 3.63) is 52.7 Å². The number of aliphatic hydroxyl groups excluding tert-OH is 6. The predicted molar refractivity (Wildman–Crippen MR) is 137 cm³/mol. The quantitative estimate of drug-likeness (QED) is 0.176. The molecule has 2 fully saturated rings. The van der Waals surface area contributed by atoms with Crippen molar-refractivity contribution < 1.29 is 63.8 Å². The highest BCUT2D eigenvalue weighted by molar-refractivity contribution is 5.86. The van der Waals surface area contributed by atoms with Gasteiger partial charge in [0.25, 0.3) is 0 Å². The van der Waals surface area contributed by atoms with E-state index in [-0.39, 0.29) is 40.6 Å². The number of hydrogen-bond acceptors (Lipinski definition) is 14. The molecule has 2 aliphatic heterocycles. The second-order valence-corrected chi connectivity index (χ2v) is 9.74. The van der Waals surface area contributed by atoms with E-state index in [1.807, 2.05) is 0 Å². The Hall–Kier alpha value is -3.31. The van der Waals surface area contributed by atoms with Crippen LogP contribution in [0.1, 0.15) is 0 Å². The number of hydrogen-bond donors (Lipinski definition) is 7. The van der Waals surface area contributed by atoms with Crippen molar-refractivity contribution in [2.45, 2.75) is 55.3 Å². The lowest BCUT2D eigenvalue weighted by molar-refractivity contribution is -0.307. The number of aliphatic hydroxyl groups is 6. The van der Waals surface area contributed by atoms with E-state index in [1.165, 1.54) is 37.4 Å². The number of fused-ring (bicyclic) bond motifs is 1. The first-order valence-corrected chi connectivity index (χ1v) is 12.7. The molecule has 14 heteroatoms. The summed E-state index contributed by atoms with van der Waals surface area (Å²) in [6.45, 7) is -0.795. The summed E-state index contributed by atoms with van der Waals surface area (Å²) in [6, 6.07) is 10.1. The fraction of sp³-hybridized carbons (Fsp3) is 0.444. The molecule has 0 aliphatic carbocycles. The lowest BCUT2D eigenvalue weighted by Gasteiger charge is -2.41. The summed E-state index contributed by atoms with van der Waals surface area (Å²) in [5.41, 5.74) is 0.0824. The maximum absolute atomic E-state index is 13.2. The third kappa shape index (κ3) is 5.88. The van der Waals surface area contributed by atoms with Gasteiger partial charge in [0.15, 0.2) is 11.7 Å². The molecule has 222 valence electrons. The zero-order valence-electron chi connectivity index (χ0n) is 21.6. The minimum Gasteiger partial charge on any atom is -0.508 e. The summed E-state index contributed by atoms with van der Waals surface area (Å²) in [5.74, 6) is 0.362. The topological polar surface area (TPSA) is 218 Å². The highest BCUT2D eigenvalue weighted by atomic mass is 16.7. The second kappa shape index (κ2) is 11.9. The minimum atomic E-state index is -1.76. The number of phenols is 1. The predicted octanol–water partition coefficient (Wildman–Crippen LogP) is -1.18. The molecule has 5 rings (SSSR count). The van der Waals surface area contributed by atoms with Gasteiger partial charge in [-0.1, -0.05) is 0 Å². The molecule has 3 heterocycles. The molecular formula is C27H30O14. The maximum atomic E-state index is 13.2. The molecule has 0 bridgehead atoms. The number of rotatable bonds is 7. The highest BCUT2D eigenvalue weighted by Gasteiger charge is 2.46. The van der Waals surface area contributed by atoms with E-state index in [1.54, 1.807) is 12.1 Å². The fourth-order valence-corrected chi connectivity index (χ4v) is 4.60. The summed E-state index contributed by atoms with van der Waals surface area (Å²) >= 11 is 0. The fourth-order valence-electron chi connectivity index (χ4n) is 4.60. The van der Waals surface area contributed by atoms with Gasteiger partial charge in [-0.2, -0.15) is 0 Å². The lowest BCUT2D eigenvalue weighted by Crippen LogP contribution is -2.61. The summed E-state index contributed by atoms with van der Waals surface area (Å²) in [6.07, 6.45) is -13.9. The smallest absolute Gasteiger partial charge is 0.229 e. The van der Waals surface area contributed by atoms with E-state index >= 15 is 0 Å². The van der Waals surface area contributed by atoms with Crippen LogP contribution in [0.25, 0.3) is 22.3 Å². The molecule has 14 nitrogen and oxygen atoms in total. The third-order valence-corrected chi connectivity index (χ3v) is 6.95. The Morgan fingerprint density at radius 2 is 1.59 bits per heavy atom. The Morgan fingerprint density at radius 3 is 2.29 bits per heavy atom. The number of phenolic OH excluding ortho intramolecular Hbond substituents is 1. The average Bonchev–Trinajstić information content (AvgIpc) is 2.96. The molecule has 2 aromatic carbocycles. The molecule has 0 amide bonds.